The largest absolute Gasteiger partial charge is 0.399 e. The Hall–Kier alpha value is -1.05. The van der Waals surface area contributed by atoms with Crippen molar-refractivity contribution in [1.29, 1.82) is 0 Å². The van der Waals surface area contributed by atoms with Gasteiger partial charge in [-0.05, 0) is 19.4 Å². The molecule has 0 aliphatic heterocycles. The molecule has 0 saturated carbocycles. The molecule has 0 bridgehead atoms. The molecular weight excluding hydrogens is 138 g/mol. The molecule has 0 heterocycles. The quantitative estimate of drug-likeness (QED) is 0.624. The highest BCUT2D eigenvalue weighted by Gasteiger charge is 2.04. The first kappa shape index (κ1) is 9.95. The van der Waals surface area contributed by atoms with E-state index in [1.54, 1.807) is 13.0 Å². The zero-order chi connectivity index (χ0) is 8.85. The van der Waals surface area contributed by atoms with Crippen LogP contribution in [0.25, 0.3) is 0 Å². The highest BCUT2D eigenvalue weighted by Crippen LogP contribution is 2.04. The van der Waals surface area contributed by atoms with Gasteiger partial charge >= 0.3 is 0 Å². The third-order valence-corrected chi connectivity index (χ3v) is 1.64. The fourth-order valence-corrected chi connectivity index (χ4v) is 0.562. The molecule has 0 spiro atoms. The van der Waals surface area contributed by atoms with Crippen LogP contribution < -0.4 is 5.73 Å². The standard InChI is InChI=1S/C9H15NO/c1-4-9(10)6-5-7(2)8(3)11/h4,6-7H,1,5,10H2,2-3H3/b9-6+/t7-/m0/s1. The van der Waals surface area contributed by atoms with Crippen LogP contribution in [-0.4, -0.2) is 5.78 Å². The van der Waals surface area contributed by atoms with Gasteiger partial charge in [-0.15, -0.1) is 0 Å². The molecule has 0 amide bonds. The normalized spacial score (nSPS) is 14.2. The van der Waals surface area contributed by atoms with Crippen LogP contribution in [0.2, 0.25) is 0 Å². The van der Waals surface area contributed by atoms with Gasteiger partial charge in [0, 0.05) is 11.6 Å². The van der Waals surface area contributed by atoms with Gasteiger partial charge in [0.1, 0.15) is 5.78 Å². The Morgan fingerprint density at radius 2 is 2.27 bits per heavy atom. The van der Waals surface area contributed by atoms with E-state index in [1.165, 1.54) is 0 Å². The summed E-state index contributed by atoms with van der Waals surface area (Å²) in [6.07, 6.45) is 4.10. The summed E-state index contributed by atoms with van der Waals surface area (Å²) < 4.78 is 0. The number of ketones is 1. The zero-order valence-corrected chi connectivity index (χ0v) is 7.13. The number of hydrogen-bond acceptors (Lipinski definition) is 2. The fourth-order valence-electron chi connectivity index (χ4n) is 0.562. The van der Waals surface area contributed by atoms with E-state index in [1.807, 2.05) is 13.0 Å². The number of carbonyl (C=O) groups is 1. The first-order valence-electron chi connectivity index (χ1n) is 3.66. The molecular formula is C9H15NO. The minimum absolute atomic E-state index is 0.0634. The third-order valence-electron chi connectivity index (χ3n) is 1.64. The molecule has 0 aliphatic rings. The summed E-state index contributed by atoms with van der Waals surface area (Å²) in [6, 6.07) is 0. The minimum atomic E-state index is 0.0634. The summed E-state index contributed by atoms with van der Waals surface area (Å²) in [4.78, 5) is 10.7. The second-order valence-corrected chi connectivity index (χ2v) is 2.66. The van der Waals surface area contributed by atoms with Crippen LogP contribution in [0, 0.1) is 5.92 Å². The molecule has 0 radical (unpaired) electrons. The van der Waals surface area contributed by atoms with Gasteiger partial charge in [-0.1, -0.05) is 19.6 Å². The third kappa shape index (κ3) is 4.37. The number of allylic oxidation sites excluding steroid dienone is 2. The lowest BCUT2D eigenvalue weighted by Crippen LogP contribution is -2.05. The predicted molar refractivity (Wildman–Crippen MR) is 46.9 cm³/mol. The van der Waals surface area contributed by atoms with Gasteiger partial charge in [-0.2, -0.15) is 0 Å². The van der Waals surface area contributed by atoms with Crippen LogP contribution in [0.1, 0.15) is 20.3 Å². The summed E-state index contributed by atoms with van der Waals surface area (Å²) >= 11 is 0. The molecule has 2 N–H and O–H groups in total. The van der Waals surface area contributed by atoms with Gasteiger partial charge in [-0.3, -0.25) is 4.79 Å². The van der Waals surface area contributed by atoms with E-state index in [0.29, 0.717) is 12.1 Å². The van der Waals surface area contributed by atoms with Crippen LogP contribution in [0.15, 0.2) is 24.4 Å². The topological polar surface area (TPSA) is 43.1 Å². The Morgan fingerprint density at radius 1 is 1.73 bits per heavy atom. The Bertz CT molecular complexity index is 182. The van der Waals surface area contributed by atoms with E-state index in [4.69, 9.17) is 5.73 Å². The van der Waals surface area contributed by atoms with Crippen molar-refractivity contribution in [3.8, 4) is 0 Å². The van der Waals surface area contributed by atoms with Gasteiger partial charge in [0.05, 0.1) is 0 Å². The van der Waals surface area contributed by atoms with Crippen molar-refractivity contribution in [1.82, 2.24) is 0 Å². The first-order chi connectivity index (χ1) is 5.07. The van der Waals surface area contributed by atoms with E-state index < -0.39 is 0 Å². The van der Waals surface area contributed by atoms with Crippen molar-refractivity contribution in [2.24, 2.45) is 11.7 Å². The van der Waals surface area contributed by atoms with Gasteiger partial charge in [-0.25, -0.2) is 0 Å². The second-order valence-electron chi connectivity index (χ2n) is 2.66. The average Bonchev–Trinajstić information content (AvgIpc) is 1.99. The first-order valence-corrected chi connectivity index (χ1v) is 3.66. The van der Waals surface area contributed by atoms with Crippen molar-refractivity contribution < 1.29 is 4.79 Å². The van der Waals surface area contributed by atoms with Gasteiger partial charge < -0.3 is 5.73 Å². The number of hydrogen-bond donors (Lipinski definition) is 1. The van der Waals surface area contributed by atoms with Crippen molar-refractivity contribution in [3.05, 3.63) is 24.4 Å². The van der Waals surface area contributed by atoms with Gasteiger partial charge in [0.25, 0.3) is 0 Å². The van der Waals surface area contributed by atoms with E-state index in [0.717, 1.165) is 0 Å². The molecule has 11 heavy (non-hydrogen) atoms. The minimum Gasteiger partial charge on any atom is -0.399 e. The molecule has 0 aromatic heterocycles. The van der Waals surface area contributed by atoms with Gasteiger partial charge in [0.15, 0.2) is 0 Å². The van der Waals surface area contributed by atoms with E-state index >= 15 is 0 Å². The summed E-state index contributed by atoms with van der Waals surface area (Å²) in [6.45, 7) is 6.98. The lowest BCUT2D eigenvalue weighted by atomic mass is 10.0. The van der Waals surface area contributed by atoms with Crippen LogP contribution in [-0.2, 0) is 4.79 Å². The number of rotatable bonds is 4. The van der Waals surface area contributed by atoms with Crippen molar-refractivity contribution in [3.63, 3.8) is 0 Å². The number of carbonyl (C=O) groups excluding carboxylic acids is 1. The summed E-state index contributed by atoms with van der Waals surface area (Å²) in [7, 11) is 0. The Kier molecular flexibility index (Phi) is 4.27. The van der Waals surface area contributed by atoms with Crippen LogP contribution in [0.4, 0.5) is 0 Å². The predicted octanol–water partition coefficient (Wildman–Crippen LogP) is 1.63. The van der Waals surface area contributed by atoms with Crippen molar-refractivity contribution >= 4 is 5.78 Å². The zero-order valence-electron chi connectivity index (χ0n) is 7.13. The van der Waals surface area contributed by atoms with Crippen LogP contribution >= 0.6 is 0 Å². The molecule has 0 unspecified atom stereocenters. The lowest BCUT2D eigenvalue weighted by molar-refractivity contribution is -0.120. The number of nitrogens with two attached hydrogens (primary N) is 1. The summed E-state index contributed by atoms with van der Waals surface area (Å²) in [5.74, 6) is 0.256. The molecule has 0 rings (SSSR count). The van der Waals surface area contributed by atoms with Crippen LogP contribution in [0.5, 0.6) is 0 Å². The molecule has 1 atom stereocenters. The van der Waals surface area contributed by atoms with Crippen molar-refractivity contribution in [2.45, 2.75) is 20.3 Å². The van der Waals surface area contributed by atoms with Crippen molar-refractivity contribution in [2.75, 3.05) is 0 Å². The molecule has 0 saturated heterocycles. The molecule has 0 aliphatic carbocycles. The maximum atomic E-state index is 10.7. The van der Waals surface area contributed by atoms with Crippen LogP contribution in [0.3, 0.4) is 0 Å². The monoisotopic (exact) mass is 153 g/mol. The lowest BCUT2D eigenvalue weighted by Gasteiger charge is -2.02. The smallest absolute Gasteiger partial charge is 0.132 e. The Morgan fingerprint density at radius 3 is 2.64 bits per heavy atom. The Balaban J connectivity index is 3.87. The molecule has 2 heteroatoms. The maximum absolute atomic E-state index is 10.7. The van der Waals surface area contributed by atoms with E-state index in [-0.39, 0.29) is 11.7 Å². The number of Topliss-reactive ketones (excluding diaryl/α,β-unsaturated/α-hetero) is 1. The molecule has 0 fully saturated rings. The Labute approximate surface area is 67.8 Å². The molecule has 0 aromatic rings. The molecule has 62 valence electrons. The highest BCUT2D eigenvalue weighted by atomic mass is 16.1. The summed E-state index contributed by atoms with van der Waals surface area (Å²) in [5.41, 5.74) is 6.09. The van der Waals surface area contributed by atoms with E-state index in [2.05, 4.69) is 6.58 Å². The SMILES string of the molecule is C=C/C(N)=C\C[C@H](C)C(C)=O. The molecule has 0 aromatic carbocycles. The van der Waals surface area contributed by atoms with Gasteiger partial charge in [0.2, 0.25) is 0 Å². The average molecular weight is 153 g/mol. The second kappa shape index (κ2) is 4.72. The van der Waals surface area contributed by atoms with E-state index in [9.17, 15) is 4.79 Å². The molecule has 2 nitrogen and oxygen atoms in total. The summed E-state index contributed by atoms with van der Waals surface area (Å²) in [5, 5.41) is 0. The highest BCUT2D eigenvalue weighted by molar-refractivity contribution is 5.78. The maximum Gasteiger partial charge on any atom is 0.132 e. The fraction of sp³-hybridized carbons (Fsp3) is 0.444.